The molecule has 0 atom stereocenters. The fourth-order valence-corrected chi connectivity index (χ4v) is 3.66. The lowest BCUT2D eigenvalue weighted by atomic mass is 10.1. The van der Waals surface area contributed by atoms with Gasteiger partial charge in [0.25, 0.3) is 0 Å². The van der Waals surface area contributed by atoms with Crippen molar-refractivity contribution >= 4 is 0 Å². The van der Waals surface area contributed by atoms with Crippen molar-refractivity contribution in [2.24, 2.45) is 7.05 Å². The summed E-state index contributed by atoms with van der Waals surface area (Å²) in [7, 11) is 1.89. The molecule has 1 N–H and O–H groups in total. The Bertz CT molecular complexity index is 901. The first kappa shape index (κ1) is 17.9. The molecule has 0 radical (unpaired) electrons. The third-order valence-corrected chi connectivity index (χ3v) is 5.46. The molecule has 0 saturated carbocycles. The van der Waals surface area contributed by atoms with Crippen molar-refractivity contribution in [1.29, 1.82) is 0 Å². The van der Waals surface area contributed by atoms with Crippen molar-refractivity contribution < 1.29 is 14.6 Å². The largest absolute Gasteiger partial charge is 0.503 e. The molecule has 1 saturated heterocycles. The number of aromatic hydroxyl groups is 1. The standard InChI is InChI=1S/C20H25N3O4/c1-14-9-17(24)20(25)16(21(14)2)12-23-7-5-22(6-8-23)11-15-3-4-18-19(10-15)27-13-26-18/h3-4,9-10,25H,5-8,11-13H2,1-2H3. The van der Waals surface area contributed by atoms with Gasteiger partial charge >= 0.3 is 0 Å². The van der Waals surface area contributed by atoms with Gasteiger partial charge in [0, 0.05) is 58.1 Å². The fraction of sp³-hybridized carbons (Fsp3) is 0.450. The summed E-state index contributed by atoms with van der Waals surface area (Å²) in [6.45, 7) is 7.30. The molecule has 2 aromatic rings. The molecule has 7 heteroatoms. The van der Waals surface area contributed by atoms with E-state index in [0.29, 0.717) is 19.0 Å². The SMILES string of the molecule is Cc1cc(=O)c(O)c(CN2CCN(Cc3ccc4c(c3)OCO4)CC2)n1C. The minimum Gasteiger partial charge on any atom is -0.503 e. The summed E-state index contributed by atoms with van der Waals surface area (Å²) in [6, 6.07) is 7.58. The van der Waals surface area contributed by atoms with Crippen LogP contribution in [0.25, 0.3) is 0 Å². The highest BCUT2D eigenvalue weighted by atomic mass is 16.7. The second kappa shape index (κ2) is 7.25. The van der Waals surface area contributed by atoms with E-state index in [0.717, 1.165) is 49.9 Å². The van der Waals surface area contributed by atoms with Crippen molar-refractivity contribution in [3.05, 3.63) is 51.4 Å². The summed E-state index contributed by atoms with van der Waals surface area (Å²) in [6.07, 6.45) is 0. The molecule has 0 unspecified atom stereocenters. The summed E-state index contributed by atoms with van der Waals surface area (Å²) in [5.41, 5.74) is 2.45. The first-order chi connectivity index (χ1) is 13.0. The number of piperazine rings is 1. The van der Waals surface area contributed by atoms with Crippen LogP contribution >= 0.6 is 0 Å². The number of aromatic nitrogens is 1. The van der Waals surface area contributed by atoms with Crippen molar-refractivity contribution in [1.82, 2.24) is 14.4 Å². The van der Waals surface area contributed by atoms with Crippen molar-refractivity contribution in [2.75, 3.05) is 33.0 Å². The normalized spacial score (nSPS) is 17.4. The number of pyridine rings is 1. The van der Waals surface area contributed by atoms with Gasteiger partial charge in [-0.2, -0.15) is 0 Å². The molecule has 27 heavy (non-hydrogen) atoms. The van der Waals surface area contributed by atoms with Gasteiger partial charge in [0.15, 0.2) is 17.2 Å². The van der Waals surface area contributed by atoms with Crippen molar-refractivity contribution in [3.63, 3.8) is 0 Å². The molecule has 0 bridgehead atoms. The second-order valence-corrected chi connectivity index (χ2v) is 7.24. The first-order valence-electron chi connectivity index (χ1n) is 9.23. The zero-order valence-corrected chi connectivity index (χ0v) is 15.8. The third kappa shape index (κ3) is 3.65. The Morgan fingerprint density at radius 3 is 2.41 bits per heavy atom. The molecule has 2 aliphatic rings. The van der Waals surface area contributed by atoms with Crippen LogP contribution in [0.1, 0.15) is 17.0 Å². The Morgan fingerprint density at radius 2 is 1.67 bits per heavy atom. The number of rotatable bonds is 4. The molecular weight excluding hydrogens is 346 g/mol. The van der Waals surface area contributed by atoms with Gasteiger partial charge in [-0.25, -0.2) is 0 Å². The monoisotopic (exact) mass is 371 g/mol. The number of fused-ring (bicyclic) bond motifs is 1. The summed E-state index contributed by atoms with van der Waals surface area (Å²) in [5.74, 6) is 1.50. The number of hydrogen-bond acceptors (Lipinski definition) is 6. The summed E-state index contributed by atoms with van der Waals surface area (Å²) < 4.78 is 12.7. The van der Waals surface area contributed by atoms with Gasteiger partial charge in [-0.3, -0.25) is 14.6 Å². The third-order valence-electron chi connectivity index (χ3n) is 5.46. The Kier molecular flexibility index (Phi) is 4.80. The molecular formula is C20H25N3O4. The molecule has 4 rings (SSSR count). The Hall–Kier alpha value is -2.51. The van der Waals surface area contributed by atoms with Crippen LogP contribution in [0.15, 0.2) is 29.1 Å². The zero-order valence-electron chi connectivity index (χ0n) is 15.8. The smallest absolute Gasteiger partial charge is 0.231 e. The van der Waals surface area contributed by atoms with Crippen LogP contribution in [0.3, 0.4) is 0 Å². The lowest BCUT2D eigenvalue weighted by Gasteiger charge is -2.35. The molecule has 0 spiro atoms. The number of aryl methyl sites for hydroxylation is 1. The number of ether oxygens (including phenoxy) is 2. The van der Waals surface area contributed by atoms with Gasteiger partial charge in [-0.05, 0) is 24.6 Å². The molecule has 144 valence electrons. The van der Waals surface area contributed by atoms with Crippen LogP contribution in [0.4, 0.5) is 0 Å². The fourth-order valence-electron chi connectivity index (χ4n) is 3.66. The van der Waals surface area contributed by atoms with E-state index in [1.807, 2.05) is 24.6 Å². The molecule has 3 heterocycles. The molecule has 0 aliphatic carbocycles. The average Bonchev–Trinajstić information content (AvgIpc) is 3.13. The van der Waals surface area contributed by atoms with Crippen LogP contribution in [-0.4, -0.2) is 52.4 Å². The molecule has 7 nitrogen and oxygen atoms in total. The lowest BCUT2D eigenvalue weighted by molar-refractivity contribution is 0.119. The maximum absolute atomic E-state index is 11.9. The van der Waals surface area contributed by atoms with Crippen LogP contribution in [0.2, 0.25) is 0 Å². The molecule has 2 aliphatic heterocycles. The molecule has 1 aromatic heterocycles. The van der Waals surface area contributed by atoms with Gasteiger partial charge in [0.1, 0.15) is 0 Å². The van der Waals surface area contributed by atoms with E-state index in [9.17, 15) is 9.90 Å². The highest BCUT2D eigenvalue weighted by molar-refractivity contribution is 5.44. The Labute approximate surface area is 158 Å². The van der Waals surface area contributed by atoms with E-state index < -0.39 is 0 Å². The highest BCUT2D eigenvalue weighted by Crippen LogP contribution is 2.32. The maximum atomic E-state index is 11.9. The van der Waals surface area contributed by atoms with Crippen LogP contribution < -0.4 is 14.9 Å². The molecule has 1 aromatic carbocycles. The van der Waals surface area contributed by atoms with Crippen LogP contribution in [0, 0.1) is 6.92 Å². The van der Waals surface area contributed by atoms with Crippen LogP contribution in [0.5, 0.6) is 17.2 Å². The van der Waals surface area contributed by atoms with E-state index in [1.165, 1.54) is 11.6 Å². The number of benzene rings is 1. The van der Waals surface area contributed by atoms with Gasteiger partial charge in [-0.15, -0.1) is 0 Å². The predicted octanol–water partition coefficient (Wildman–Crippen LogP) is 1.45. The van der Waals surface area contributed by atoms with Crippen molar-refractivity contribution in [3.8, 4) is 17.2 Å². The number of nitrogens with zero attached hydrogens (tertiary/aromatic N) is 3. The summed E-state index contributed by atoms with van der Waals surface area (Å²) >= 11 is 0. The molecule has 0 amide bonds. The maximum Gasteiger partial charge on any atom is 0.231 e. The minimum atomic E-state index is -0.304. The van der Waals surface area contributed by atoms with E-state index in [4.69, 9.17) is 9.47 Å². The predicted molar refractivity (Wildman–Crippen MR) is 101 cm³/mol. The minimum absolute atomic E-state index is 0.133. The van der Waals surface area contributed by atoms with Gasteiger partial charge in [0.05, 0.1) is 5.69 Å². The summed E-state index contributed by atoms with van der Waals surface area (Å²) in [4.78, 5) is 16.6. The highest BCUT2D eigenvalue weighted by Gasteiger charge is 2.21. The summed E-state index contributed by atoms with van der Waals surface area (Å²) in [5, 5.41) is 10.2. The van der Waals surface area contributed by atoms with Gasteiger partial charge in [-0.1, -0.05) is 6.07 Å². The van der Waals surface area contributed by atoms with E-state index in [2.05, 4.69) is 21.9 Å². The zero-order chi connectivity index (χ0) is 19.0. The first-order valence-corrected chi connectivity index (χ1v) is 9.23. The average molecular weight is 371 g/mol. The molecule has 1 fully saturated rings. The Balaban J connectivity index is 1.36. The Morgan fingerprint density at radius 1 is 1.00 bits per heavy atom. The van der Waals surface area contributed by atoms with Gasteiger partial charge < -0.3 is 19.1 Å². The van der Waals surface area contributed by atoms with E-state index in [-0.39, 0.29) is 11.2 Å². The number of hydrogen-bond donors (Lipinski definition) is 1. The lowest BCUT2D eigenvalue weighted by Crippen LogP contribution is -2.45. The van der Waals surface area contributed by atoms with Crippen LogP contribution in [-0.2, 0) is 20.1 Å². The van der Waals surface area contributed by atoms with E-state index in [1.54, 1.807) is 0 Å². The quantitative estimate of drug-likeness (QED) is 0.877. The van der Waals surface area contributed by atoms with E-state index >= 15 is 0 Å². The second-order valence-electron chi connectivity index (χ2n) is 7.24. The van der Waals surface area contributed by atoms with Crippen molar-refractivity contribution in [2.45, 2.75) is 20.0 Å². The topological polar surface area (TPSA) is 67.2 Å². The van der Waals surface area contributed by atoms with Gasteiger partial charge in [0.2, 0.25) is 12.2 Å².